The van der Waals surface area contributed by atoms with Crippen LogP contribution in [0.2, 0.25) is 0 Å². The molecule has 0 aromatic heterocycles. The average Bonchev–Trinajstić information content (AvgIpc) is 2.67. The number of hydroxylamine groups is 2. The fraction of sp³-hybridized carbons (Fsp3) is 0.385. The van der Waals surface area contributed by atoms with Crippen molar-refractivity contribution in [2.75, 3.05) is 11.9 Å². The van der Waals surface area contributed by atoms with Gasteiger partial charge in [-0.15, -0.1) is 0 Å². The number of para-hydroxylation sites is 1. The maximum Gasteiger partial charge on any atom is 0.342 e. The van der Waals surface area contributed by atoms with Gasteiger partial charge in [0.1, 0.15) is 4.32 Å². The average molecular weight is 311 g/mol. The van der Waals surface area contributed by atoms with Gasteiger partial charge in [0, 0.05) is 12.7 Å². The molecule has 1 aromatic rings. The summed E-state index contributed by atoms with van der Waals surface area (Å²) in [7, 11) is 1.48. The molecular formula is C13H17N3O2S2. The zero-order valence-corrected chi connectivity index (χ0v) is 13.2. The number of nitrogens with zero attached hydrogens (tertiary/aromatic N) is 2. The second-order valence-corrected chi connectivity index (χ2v) is 7.24. The minimum atomic E-state index is -0.567. The molecule has 5 nitrogen and oxygen atoms in total. The Morgan fingerprint density at radius 1 is 1.45 bits per heavy atom. The lowest BCUT2D eigenvalue weighted by Gasteiger charge is -2.36. The minimum absolute atomic E-state index is 0.422. The molecule has 20 heavy (non-hydrogen) atoms. The molecule has 0 radical (unpaired) electrons. The molecule has 1 aromatic carbocycles. The van der Waals surface area contributed by atoms with Gasteiger partial charge in [-0.3, -0.25) is 5.21 Å². The topological polar surface area (TPSA) is 55.8 Å². The Bertz CT molecular complexity index is 522. The molecule has 0 spiro atoms. The van der Waals surface area contributed by atoms with Crippen LogP contribution >= 0.6 is 24.0 Å². The van der Waals surface area contributed by atoms with Gasteiger partial charge in [-0.1, -0.05) is 42.2 Å². The van der Waals surface area contributed by atoms with Crippen LogP contribution in [0.4, 0.5) is 10.5 Å². The zero-order valence-electron chi connectivity index (χ0n) is 11.5. The van der Waals surface area contributed by atoms with E-state index >= 15 is 0 Å². The molecule has 2 amide bonds. The van der Waals surface area contributed by atoms with Gasteiger partial charge >= 0.3 is 6.03 Å². The highest BCUT2D eigenvalue weighted by atomic mass is 32.2. The standard InChI is InChI=1S/C13H17N3O2S2/c1-13(2)10(16(18)11(17)14-3)15(12(19)20-13)9-7-5-4-6-8-9/h4-8,10,18H,1-3H3,(H,14,17)/t10-/m0/s1. The van der Waals surface area contributed by atoms with Gasteiger partial charge in [0.25, 0.3) is 0 Å². The predicted molar refractivity (Wildman–Crippen MR) is 85.1 cm³/mol. The van der Waals surface area contributed by atoms with Crippen LogP contribution in [0.1, 0.15) is 13.8 Å². The molecular weight excluding hydrogens is 294 g/mol. The van der Waals surface area contributed by atoms with E-state index in [1.54, 1.807) is 4.90 Å². The van der Waals surface area contributed by atoms with Crippen LogP contribution < -0.4 is 10.2 Å². The number of thiocarbonyl (C=S) groups is 1. The minimum Gasteiger partial charge on any atom is -0.339 e. The molecule has 1 atom stereocenters. The number of hydrogen-bond donors (Lipinski definition) is 2. The third kappa shape index (κ3) is 2.61. The van der Waals surface area contributed by atoms with Gasteiger partial charge in [0.05, 0.1) is 4.75 Å². The molecule has 1 saturated heterocycles. The fourth-order valence-electron chi connectivity index (χ4n) is 2.20. The van der Waals surface area contributed by atoms with Crippen molar-refractivity contribution in [3.05, 3.63) is 30.3 Å². The fourth-order valence-corrected chi connectivity index (χ4v) is 4.12. The first-order valence-corrected chi connectivity index (χ1v) is 7.38. The van der Waals surface area contributed by atoms with Crippen molar-refractivity contribution in [3.8, 4) is 0 Å². The number of benzene rings is 1. The first kappa shape index (κ1) is 15.1. The van der Waals surface area contributed by atoms with Crippen molar-refractivity contribution in [3.63, 3.8) is 0 Å². The summed E-state index contributed by atoms with van der Waals surface area (Å²) < 4.78 is 0.211. The van der Waals surface area contributed by atoms with Crippen LogP contribution in [0, 0.1) is 0 Å². The third-order valence-electron chi connectivity index (χ3n) is 3.10. The number of nitrogens with one attached hydrogen (secondary N) is 1. The molecule has 7 heteroatoms. The lowest BCUT2D eigenvalue weighted by molar-refractivity contribution is -0.0807. The van der Waals surface area contributed by atoms with Crippen molar-refractivity contribution < 1.29 is 10.0 Å². The highest BCUT2D eigenvalue weighted by molar-refractivity contribution is 8.24. The van der Waals surface area contributed by atoms with E-state index in [4.69, 9.17) is 12.2 Å². The Kier molecular flexibility index (Phi) is 4.22. The second-order valence-electron chi connectivity index (χ2n) is 4.95. The molecule has 0 aliphatic carbocycles. The van der Waals surface area contributed by atoms with Crippen LogP contribution in [0.15, 0.2) is 30.3 Å². The number of amides is 2. The van der Waals surface area contributed by atoms with E-state index < -0.39 is 16.9 Å². The van der Waals surface area contributed by atoms with E-state index in [9.17, 15) is 10.0 Å². The van der Waals surface area contributed by atoms with Gasteiger partial charge in [-0.2, -0.15) is 5.06 Å². The van der Waals surface area contributed by atoms with Crippen LogP contribution in [0.3, 0.4) is 0 Å². The molecule has 0 bridgehead atoms. The van der Waals surface area contributed by atoms with Gasteiger partial charge in [-0.05, 0) is 26.0 Å². The van der Waals surface area contributed by atoms with E-state index in [-0.39, 0.29) is 0 Å². The van der Waals surface area contributed by atoms with Crippen LogP contribution in [0.25, 0.3) is 0 Å². The summed E-state index contributed by atoms with van der Waals surface area (Å²) in [5.41, 5.74) is 0.850. The van der Waals surface area contributed by atoms with Crippen molar-refractivity contribution in [1.82, 2.24) is 10.4 Å². The van der Waals surface area contributed by atoms with E-state index in [1.165, 1.54) is 18.8 Å². The maximum atomic E-state index is 11.8. The molecule has 1 aliphatic rings. The Balaban J connectivity index is 2.42. The van der Waals surface area contributed by atoms with E-state index in [2.05, 4.69) is 5.32 Å². The van der Waals surface area contributed by atoms with Gasteiger partial charge < -0.3 is 10.2 Å². The summed E-state index contributed by atoms with van der Waals surface area (Å²) in [4.78, 5) is 13.6. The number of carbonyl (C=O) groups is 1. The molecule has 108 valence electrons. The van der Waals surface area contributed by atoms with Crippen molar-refractivity contribution in [2.24, 2.45) is 0 Å². The lowest BCUT2D eigenvalue weighted by atomic mass is 10.1. The highest BCUT2D eigenvalue weighted by Crippen LogP contribution is 2.44. The van der Waals surface area contributed by atoms with Crippen molar-refractivity contribution in [2.45, 2.75) is 24.8 Å². The molecule has 2 rings (SSSR count). The molecule has 0 saturated carbocycles. The molecule has 1 heterocycles. The van der Waals surface area contributed by atoms with Gasteiger partial charge in [-0.25, -0.2) is 4.79 Å². The first-order valence-electron chi connectivity index (χ1n) is 6.15. The summed E-state index contributed by atoms with van der Waals surface area (Å²) in [6, 6.07) is 8.94. The summed E-state index contributed by atoms with van der Waals surface area (Å²) in [5.74, 6) is 0. The maximum absolute atomic E-state index is 11.8. The number of thioether (sulfide) groups is 1. The van der Waals surface area contributed by atoms with Crippen molar-refractivity contribution >= 4 is 40.0 Å². The van der Waals surface area contributed by atoms with Crippen LogP contribution in [0.5, 0.6) is 0 Å². The number of rotatable bonds is 2. The molecule has 0 unspecified atom stereocenters. The Hall–Kier alpha value is -1.31. The number of carbonyl (C=O) groups excluding carboxylic acids is 1. The van der Waals surface area contributed by atoms with E-state index in [0.717, 1.165) is 5.69 Å². The normalized spacial score (nSPS) is 20.9. The van der Waals surface area contributed by atoms with Crippen LogP contribution in [-0.2, 0) is 0 Å². The lowest BCUT2D eigenvalue weighted by Crippen LogP contribution is -2.56. The number of anilines is 1. The largest absolute Gasteiger partial charge is 0.342 e. The number of urea groups is 1. The summed E-state index contributed by atoms with van der Waals surface area (Å²) in [6.07, 6.45) is -0.567. The van der Waals surface area contributed by atoms with Crippen molar-refractivity contribution in [1.29, 1.82) is 0 Å². The molecule has 2 N–H and O–H groups in total. The SMILES string of the molecule is CNC(=O)N(O)[C@@H]1N(c2ccccc2)C(=S)SC1(C)C. The Morgan fingerprint density at radius 3 is 2.60 bits per heavy atom. The monoisotopic (exact) mass is 311 g/mol. The van der Waals surface area contributed by atoms with E-state index in [1.807, 2.05) is 44.2 Å². The smallest absolute Gasteiger partial charge is 0.339 e. The number of hydrogen-bond acceptors (Lipinski definition) is 4. The highest BCUT2D eigenvalue weighted by Gasteiger charge is 2.49. The molecule has 1 fully saturated rings. The van der Waals surface area contributed by atoms with Crippen LogP contribution in [-0.4, -0.2) is 38.6 Å². The quantitative estimate of drug-likeness (QED) is 0.499. The zero-order chi connectivity index (χ0) is 14.9. The van der Waals surface area contributed by atoms with Gasteiger partial charge in [0.15, 0.2) is 6.17 Å². The Labute approximate surface area is 127 Å². The summed E-state index contributed by atoms with van der Waals surface area (Å²) in [6.45, 7) is 3.90. The van der Waals surface area contributed by atoms with E-state index in [0.29, 0.717) is 9.38 Å². The summed E-state index contributed by atoms with van der Waals surface area (Å²) >= 11 is 6.88. The second kappa shape index (κ2) is 5.59. The summed E-state index contributed by atoms with van der Waals surface area (Å²) in [5, 5.41) is 13.3. The first-order chi connectivity index (χ1) is 9.38. The molecule has 1 aliphatic heterocycles. The predicted octanol–water partition coefficient (Wildman–Crippen LogP) is 2.66. The third-order valence-corrected chi connectivity index (χ3v) is 4.66. The van der Waals surface area contributed by atoms with Gasteiger partial charge in [0.2, 0.25) is 0 Å². The Morgan fingerprint density at radius 2 is 2.05 bits per heavy atom.